The minimum Gasteiger partial charge on any atom is -0.462 e. The molecule has 1 aliphatic rings. The molecule has 0 saturated heterocycles. The molecule has 0 aliphatic heterocycles. The van der Waals surface area contributed by atoms with E-state index >= 15 is 0 Å². The van der Waals surface area contributed by atoms with Gasteiger partial charge in [-0.3, -0.25) is 4.79 Å². The number of para-hydroxylation sites is 1. The van der Waals surface area contributed by atoms with E-state index in [4.69, 9.17) is 4.42 Å². The fourth-order valence-corrected chi connectivity index (χ4v) is 2.61. The number of amides is 1. The molecule has 1 N–H and O–H groups in total. The summed E-state index contributed by atoms with van der Waals surface area (Å²) in [6.07, 6.45) is 3.78. The maximum absolute atomic E-state index is 12.5. The summed E-state index contributed by atoms with van der Waals surface area (Å²) in [5.74, 6) is 0.679. The number of hydrogen-bond acceptors (Lipinski definition) is 3. The molecule has 1 saturated carbocycles. The Balaban J connectivity index is 1.89. The smallest absolute Gasteiger partial charge is 0.252 e. The number of nitrogens with one attached hydrogen (secondary N) is 1. The Hall–Kier alpha value is -2.62. The number of fused-ring (bicyclic) bond motifs is 1. The van der Waals surface area contributed by atoms with Gasteiger partial charge in [-0.15, -0.1) is 0 Å². The van der Waals surface area contributed by atoms with Gasteiger partial charge in [0, 0.05) is 11.4 Å². The lowest BCUT2D eigenvalue weighted by molar-refractivity contribution is 0.0952. The zero-order valence-electron chi connectivity index (χ0n) is 12.3. The van der Waals surface area contributed by atoms with Gasteiger partial charge in [0.1, 0.15) is 5.69 Å². The van der Waals surface area contributed by atoms with Gasteiger partial charge in [0.15, 0.2) is 5.76 Å². The van der Waals surface area contributed by atoms with Crippen LogP contribution in [0.4, 0.5) is 0 Å². The van der Waals surface area contributed by atoms with Crippen LogP contribution < -0.4 is 5.32 Å². The van der Waals surface area contributed by atoms with E-state index in [-0.39, 0.29) is 5.91 Å². The summed E-state index contributed by atoms with van der Waals surface area (Å²) >= 11 is 0. The van der Waals surface area contributed by atoms with E-state index in [0.29, 0.717) is 23.1 Å². The SMILES string of the molecule is Cc1ccoc1-c1cc(C(=O)NC2CC2)c2ccccc2n1. The Bertz CT molecular complexity index is 862. The summed E-state index contributed by atoms with van der Waals surface area (Å²) < 4.78 is 5.53. The number of benzene rings is 1. The van der Waals surface area contributed by atoms with Crippen LogP contribution in [0, 0.1) is 6.92 Å². The average molecular weight is 292 g/mol. The Kier molecular flexibility index (Phi) is 2.96. The van der Waals surface area contributed by atoms with Crippen molar-refractivity contribution in [1.29, 1.82) is 0 Å². The standard InChI is InChI=1S/C18H16N2O2/c1-11-8-9-22-17(11)16-10-14(18(21)19-12-6-7-12)13-4-2-3-5-15(13)20-16/h2-5,8-10,12H,6-7H2,1H3,(H,19,21). The maximum atomic E-state index is 12.5. The summed E-state index contributed by atoms with van der Waals surface area (Å²) in [7, 11) is 0. The van der Waals surface area contributed by atoms with Crippen LogP contribution >= 0.6 is 0 Å². The molecule has 2 aromatic heterocycles. The molecule has 1 amide bonds. The van der Waals surface area contributed by atoms with Gasteiger partial charge in [-0.05, 0) is 43.5 Å². The first-order chi connectivity index (χ1) is 10.7. The van der Waals surface area contributed by atoms with Gasteiger partial charge in [-0.1, -0.05) is 18.2 Å². The fraction of sp³-hybridized carbons (Fsp3) is 0.222. The second-order valence-electron chi connectivity index (χ2n) is 5.75. The molecule has 110 valence electrons. The van der Waals surface area contributed by atoms with E-state index in [2.05, 4.69) is 10.3 Å². The third kappa shape index (κ3) is 2.26. The normalized spacial score (nSPS) is 14.2. The monoisotopic (exact) mass is 292 g/mol. The van der Waals surface area contributed by atoms with Crippen molar-refractivity contribution in [3.05, 3.63) is 53.8 Å². The van der Waals surface area contributed by atoms with E-state index in [1.807, 2.05) is 43.3 Å². The van der Waals surface area contributed by atoms with Crippen LogP contribution in [0.15, 0.2) is 47.1 Å². The Morgan fingerprint density at radius 2 is 2.09 bits per heavy atom. The third-order valence-corrected chi connectivity index (χ3v) is 3.97. The number of aryl methyl sites for hydroxylation is 1. The number of pyridine rings is 1. The molecule has 0 radical (unpaired) electrons. The van der Waals surface area contributed by atoms with Gasteiger partial charge in [-0.2, -0.15) is 0 Å². The van der Waals surface area contributed by atoms with E-state index in [0.717, 1.165) is 29.3 Å². The minimum atomic E-state index is -0.0356. The first-order valence-corrected chi connectivity index (χ1v) is 7.47. The van der Waals surface area contributed by atoms with E-state index in [1.54, 1.807) is 6.26 Å². The highest BCUT2D eigenvalue weighted by Crippen LogP contribution is 2.28. The average Bonchev–Trinajstić information content (AvgIpc) is 3.24. The van der Waals surface area contributed by atoms with Gasteiger partial charge in [-0.25, -0.2) is 4.98 Å². The van der Waals surface area contributed by atoms with Crippen LogP contribution in [-0.2, 0) is 0 Å². The van der Waals surface area contributed by atoms with Crippen molar-refractivity contribution in [3.63, 3.8) is 0 Å². The molecular formula is C18H16N2O2. The predicted molar refractivity (Wildman–Crippen MR) is 84.7 cm³/mol. The highest BCUT2D eigenvalue weighted by molar-refractivity contribution is 6.07. The predicted octanol–water partition coefficient (Wildman–Crippen LogP) is 3.70. The van der Waals surface area contributed by atoms with Crippen molar-refractivity contribution in [2.45, 2.75) is 25.8 Å². The topological polar surface area (TPSA) is 55.1 Å². The van der Waals surface area contributed by atoms with Crippen molar-refractivity contribution >= 4 is 16.8 Å². The van der Waals surface area contributed by atoms with Crippen LogP contribution in [0.25, 0.3) is 22.4 Å². The zero-order chi connectivity index (χ0) is 15.1. The fourth-order valence-electron chi connectivity index (χ4n) is 2.61. The van der Waals surface area contributed by atoms with E-state index < -0.39 is 0 Å². The molecule has 22 heavy (non-hydrogen) atoms. The summed E-state index contributed by atoms with van der Waals surface area (Å²) in [4.78, 5) is 17.2. The number of carbonyl (C=O) groups is 1. The minimum absolute atomic E-state index is 0.0356. The third-order valence-electron chi connectivity index (χ3n) is 3.97. The Labute approximate surface area is 128 Å². The van der Waals surface area contributed by atoms with Crippen LogP contribution in [0.5, 0.6) is 0 Å². The number of nitrogens with zero attached hydrogens (tertiary/aromatic N) is 1. The molecule has 1 aromatic carbocycles. The molecule has 0 atom stereocenters. The summed E-state index contributed by atoms with van der Waals surface area (Å²) in [5, 5.41) is 3.92. The number of rotatable bonds is 3. The molecular weight excluding hydrogens is 276 g/mol. The van der Waals surface area contributed by atoms with Gasteiger partial charge in [0.05, 0.1) is 17.3 Å². The largest absolute Gasteiger partial charge is 0.462 e. The quantitative estimate of drug-likeness (QED) is 0.801. The molecule has 0 bridgehead atoms. The highest BCUT2D eigenvalue weighted by atomic mass is 16.3. The van der Waals surface area contributed by atoms with Crippen LogP contribution in [0.3, 0.4) is 0 Å². The van der Waals surface area contributed by atoms with Crippen molar-refractivity contribution in [3.8, 4) is 11.5 Å². The van der Waals surface area contributed by atoms with Gasteiger partial charge in [0.25, 0.3) is 5.91 Å². The van der Waals surface area contributed by atoms with Crippen LogP contribution in [0.1, 0.15) is 28.8 Å². The second kappa shape index (κ2) is 4.98. The van der Waals surface area contributed by atoms with Crippen LogP contribution in [0.2, 0.25) is 0 Å². The van der Waals surface area contributed by atoms with E-state index in [1.165, 1.54) is 0 Å². The van der Waals surface area contributed by atoms with E-state index in [9.17, 15) is 4.79 Å². The first-order valence-electron chi connectivity index (χ1n) is 7.47. The Morgan fingerprint density at radius 1 is 1.27 bits per heavy atom. The lowest BCUT2D eigenvalue weighted by atomic mass is 10.1. The number of hydrogen-bond donors (Lipinski definition) is 1. The highest BCUT2D eigenvalue weighted by Gasteiger charge is 2.25. The van der Waals surface area contributed by atoms with Gasteiger partial charge in [0.2, 0.25) is 0 Å². The first kappa shape index (κ1) is 13.1. The second-order valence-corrected chi connectivity index (χ2v) is 5.75. The molecule has 0 unspecified atom stereocenters. The van der Waals surface area contributed by atoms with Gasteiger partial charge < -0.3 is 9.73 Å². The van der Waals surface area contributed by atoms with Crippen molar-refractivity contribution in [1.82, 2.24) is 10.3 Å². The molecule has 1 fully saturated rings. The lowest BCUT2D eigenvalue weighted by Gasteiger charge is -2.09. The molecule has 3 aromatic rings. The summed E-state index contributed by atoms with van der Waals surface area (Å²) in [6.45, 7) is 1.97. The summed E-state index contributed by atoms with van der Waals surface area (Å²) in [6, 6.07) is 11.8. The van der Waals surface area contributed by atoms with Crippen molar-refractivity contribution in [2.75, 3.05) is 0 Å². The number of aromatic nitrogens is 1. The molecule has 1 aliphatic carbocycles. The molecule has 0 spiro atoms. The van der Waals surface area contributed by atoms with Gasteiger partial charge >= 0.3 is 0 Å². The molecule has 2 heterocycles. The molecule has 4 heteroatoms. The lowest BCUT2D eigenvalue weighted by Crippen LogP contribution is -2.25. The van der Waals surface area contributed by atoms with Crippen LogP contribution in [-0.4, -0.2) is 16.9 Å². The van der Waals surface area contributed by atoms with Crippen molar-refractivity contribution in [2.24, 2.45) is 0 Å². The summed E-state index contributed by atoms with van der Waals surface area (Å²) in [5.41, 5.74) is 3.17. The molecule has 4 rings (SSSR count). The molecule has 4 nitrogen and oxygen atoms in total. The number of carbonyl (C=O) groups excluding carboxylic acids is 1. The zero-order valence-corrected chi connectivity index (χ0v) is 12.3. The van der Waals surface area contributed by atoms with Crippen molar-refractivity contribution < 1.29 is 9.21 Å². The maximum Gasteiger partial charge on any atom is 0.252 e. The number of furan rings is 1. The Morgan fingerprint density at radius 3 is 2.82 bits per heavy atom.